The van der Waals surface area contributed by atoms with Crippen LogP contribution in [0.2, 0.25) is 0 Å². The number of para-hydroxylation sites is 1. The van der Waals surface area contributed by atoms with Crippen molar-refractivity contribution in [3.63, 3.8) is 0 Å². The molecule has 1 N–H and O–H groups in total. The average Bonchev–Trinajstić information content (AvgIpc) is 3.16. The second kappa shape index (κ2) is 5.72. The second-order valence-corrected chi connectivity index (χ2v) is 6.84. The predicted octanol–water partition coefficient (Wildman–Crippen LogP) is 3.93. The Labute approximate surface area is 144 Å². The molecule has 1 amide bonds. The van der Waals surface area contributed by atoms with Crippen LogP contribution in [0.15, 0.2) is 22.6 Å². The summed E-state index contributed by atoms with van der Waals surface area (Å²) >= 11 is 0. The van der Waals surface area contributed by atoms with Crippen molar-refractivity contribution in [1.82, 2.24) is 14.9 Å². The van der Waals surface area contributed by atoms with Crippen molar-refractivity contribution in [2.45, 2.75) is 39.7 Å². The lowest BCUT2D eigenvalue weighted by molar-refractivity contribution is 0.0722. The first kappa shape index (κ1) is 15.9. The minimum atomic E-state index is -0.348. The number of amides is 1. The van der Waals surface area contributed by atoms with Crippen molar-refractivity contribution in [1.29, 1.82) is 0 Å². The number of carbonyl (C=O) groups excluding carboxylic acids is 1. The molecule has 0 saturated carbocycles. The van der Waals surface area contributed by atoms with Gasteiger partial charge in [-0.3, -0.25) is 4.79 Å². The van der Waals surface area contributed by atoms with Crippen molar-refractivity contribution >= 4 is 16.8 Å². The maximum Gasteiger partial charge on any atom is 0.270 e. The third-order valence-electron chi connectivity index (χ3n) is 4.78. The molecule has 0 spiro atoms. The predicted molar refractivity (Wildman–Crippen MR) is 92.0 cm³/mol. The molecule has 5 nitrogen and oxygen atoms in total. The van der Waals surface area contributed by atoms with Crippen LogP contribution in [0.4, 0.5) is 4.39 Å². The summed E-state index contributed by atoms with van der Waals surface area (Å²) in [7, 11) is 0. The fraction of sp³-hybridized carbons (Fsp3) is 0.368. The Balaban J connectivity index is 1.66. The molecular formula is C19H20FN3O2. The number of carbonyl (C=O) groups is 1. The second-order valence-electron chi connectivity index (χ2n) is 6.84. The molecular weight excluding hydrogens is 321 g/mol. The largest absolute Gasteiger partial charge is 0.445 e. The number of halogens is 1. The third-order valence-corrected chi connectivity index (χ3v) is 4.78. The van der Waals surface area contributed by atoms with Crippen molar-refractivity contribution < 1.29 is 13.6 Å². The van der Waals surface area contributed by atoms with E-state index in [1.165, 1.54) is 6.07 Å². The minimum absolute atomic E-state index is 0.132. The van der Waals surface area contributed by atoms with Gasteiger partial charge in [0.25, 0.3) is 5.91 Å². The highest BCUT2D eigenvalue weighted by Gasteiger charge is 2.28. The molecule has 0 radical (unpaired) electrons. The van der Waals surface area contributed by atoms with E-state index in [-0.39, 0.29) is 17.6 Å². The van der Waals surface area contributed by atoms with Crippen molar-refractivity contribution in [3.05, 3.63) is 52.6 Å². The lowest BCUT2D eigenvalue weighted by atomic mass is 10.1. The van der Waals surface area contributed by atoms with Crippen molar-refractivity contribution in [2.75, 3.05) is 6.54 Å². The van der Waals surface area contributed by atoms with Crippen LogP contribution in [0.25, 0.3) is 10.9 Å². The van der Waals surface area contributed by atoms with Crippen LogP contribution in [0.1, 0.15) is 53.2 Å². The SMILES string of the molecule is Cc1c(C(=O)N2CCc3oc(C(C)C)nc3C2)[nH]c2c(F)cccc12. The van der Waals surface area contributed by atoms with Crippen LogP contribution in [-0.4, -0.2) is 27.3 Å². The monoisotopic (exact) mass is 341 g/mol. The summed E-state index contributed by atoms with van der Waals surface area (Å²) in [5.74, 6) is 1.32. The number of aromatic nitrogens is 2. The first-order valence-corrected chi connectivity index (χ1v) is 8.50. The maximum atomic E-state index is 14.0. The van der Waals surface area contributed by atoms with E-state index in [2.05, 4.69) is 9.97 Å². The standard InChI is InChI=1S/C19H20FN3O2/c1-10(2)18-21-14-9-23(8-7-15(14)25-18)19(24)16-11(3)12-5-4-6-13(20)17(12)22-16/h4-6,10,22H,7-9H2,1-3H3. The van der Waals surface area contributed by atoms with Gasteiger partial charge in [-0.2, -0.15) is 0 Å². The number of fused-ring (bicyclic) bond motifs is 2. The highest BCUT2D eigenvalue weighted by Crippen LogP contribution is 2.28. The topological polar surface area (TPSA) is 62.1 Å². The van der Waals surface area contributed by atoms with E-state index in [4.69, 9.17) is 4.42 Å². The Morgan fingerprint density at radius 3 is 2.92 bits per heavy atom. The van der Waals surface area contributed by atoms with Gasteiger partial charge in [-0.15, -0.1) is 0 Å². The zero-order valence-corrected chi connectivity index (χ0v) is 14.5. The number of H-pyrrole nitrogens is 1. The first-order chi connectivity index (χ1) is 12.0. The summed E-state index contributed by atoms with van der Waals surface area (Å²) in [4.78, 5) is 22.2. The third kappa shape index (κ3) is 2.52. The summed E-state index contributed by atoms with van der Waals surface area (Å²) in [6, 6.07) is 4.87. The highest BCUT2D eigenvalue weighted by molar-refractivity contribution is 6.01. The summed E-state index contributed by atoms with van der Waals surface area (Å²) in [5.41, 5.74) is 2.41. The van der Waals surface area contributed by atoms with Gasteiger partial charge in [-0.25, -0.2) is 9.37 Å². The van der Waals surface area contributed by atoms with E-state index >= 15 is 0 Å². The van der Waals surface area contributed by atoms with Crippen LogP contribution in [0.3, 0.4) is 0 Å². The van der Waals surface area contributed by atoms with Gasteiger partial charge < -0.3 is 14.3 Å². The Hall–Kier alpha value is -2.63. The van der Waals surface area contributed by atoms with E-state index < -0.39 is 0 Å². The zero-order valence-electron chi connectivity index (χ0n) is 14.5. The molecule has 3 aromatic rings. The Morgan fingerprint density at radius 1 is 1.40 bits per heavy atom. The van der Waals surface area contributed by atoms with Crippen LogP contribution < -0.4 is 0 Å². The van der Waals surface area contributed by atoms with E-state index in [1.807, 2.05) is 26.8 Å². The summed E-state index contributed by atoms with van der Waals surface area (Å²) in [6.07, 6.45) is 0.647. The zero-order chi connectivity index (χ0) is 17.7. The van der Waals surface area contributed by atoms with Crippen LogP contribution in [0.5, 0.6) is 0 Å². The van der Waals surface area contributed by atoms with Gasteiger partial charge in [0.1, 0.15) is 23.0 Å². The molecule has 25 heavy (non-hydrogen) atoms. The van der Waals surface area contributed by atoms with Gasteiger partial charge >= 0.3 is 0 Å². The molecule has 0 fully saturated rings. The molecule has 0 atom stereocenters. The molecule has 1 aromatic carbocycles. The van der Waals surface area contributed by atoms with E-state index in [9.17, 15) is 9.18 Å². The fourth-order valence-corrected chi connectivity index (χ4v) is 3.33. The number of nitrogens with one attached hydrogen (secondary N) is 1. The van der Waals surface area contributed by atoms with E-state index in [0.717, 1.165) is 22.4 Å². The Bertz CT molecular complexity index is 971. The number of rotatable bonds is 2. The van der Waals surface area contributed by atoms with Gasteiger partial charge in [0, 0.05) is 24.3 Å². The molecule has 130 valence electrons. The molecule has 0 aliphatic carbocycles. The normalized spacial score (nSPS) is 14.4. The van der Waals surface area contributed by atoms with Gasteiger partial charge in [0.05, 0.1) is 12.1 Å². The summed E-state index contributed by atoms with van der Waals surface area (Å²) in [6.45, 7) is 6.89. The van der Waals surface area contributed by atoms with Gasteiger partial charge in [-0.05, 0) is 18.6 Å². The molecule has 0 unspecified atom stereocenters. The molecule has 4 rings (SSSR count). The smallest absolute Gasteiger partial charge is 0.270 e. The quantitative estimate of drug-likeness (QED) is 0.768. The highest BCUT2D eigenvalue weighted by atomic mass is 19.1. The number of aromatic amines is 1. The number of nitrogens with zero attached hydrogens (tertiary/aromatic N) is 2. The Morgan fingerprint density at radius 2 is 2.20 bits per heavy atom. The lowest BCUT2D eigenvalue weighted by Gasteiger charge is -2.25. The molecule has 0 saturated heterocycles. The van der Waals surface area contributed by atoms with Gasteiger partial charge in [0.2, 0.25) is 0 Å². The molecule has 3 heterocycles. The molecule has 6 heteroatoms. The van der Waals surface area contributed by atoms with Gasteiger partial charge in [0.15, 0.2) is 5.89 Å². The fourth-order valence-electron chi connectivity index (χ4n) is 3.33. The van der Waals surface area contributed by atoms with Crippen molar-refractivity contribution in [3.8, 4) is 0 Å². The number of hydrogen-bond donors (Lipinski definition) is 1. The summed E-state index contributed by atoms with van der Waals surface area (Å²) < 4.78 is 19.8. The van der Waals surface area contributed by atoms with E-state index in [0.29, 0.717) is 36.6 Å². The number of hydrogen-bond acceptors (Lipinski definition) is 3. The average molecular weight is 341 g/mol. The molecule has 1 aliphatic heterocycles. The lowest BCUT2D eigenvalue weighted by Crippen LogP contribution is -2.36. The van der Waals surface area contributed by atoms with Crippen LogP contribution in [0, 0.1) is 12.7 Å². The summed E-state index contributed by atoms with van der Waals surface area (Å²) in [5, 5.41) is 0.740. The first-order valence-electron chi connectivity index (χ1n) is 8.50. The van der Waals surface area contributed by atoms with Gasteiger partial charge in [-0.1, -0.05) is 26.0 Å². The molecule has 2 aromatic heterocycles. The Kier molecular flexibility index (Phi) is 3.63. The molecule has 0 bridgehead atoms. The molecule has 1 aliphatic rings. The van der Waals surface area contributed by atoms with Crippen LogP contribution in [-0.2, 0) is 13.0 Å². The van der Waals surface area contributed by atoms with Crippen LogP contribution >= 0.6 is 0 Å². The maximum absolute atomic E-state index is 14.0. The minimum Gasteiger partial charge on any atom is -0.445 e. The van der Waals surface area contributed by atoms with Crippen molar-refractivity contribution in [2.24, 2.45) is 0 Å². The number of aryl methyl sites for hydroxylation is 1. The van der Waals surface area contributed by atoms with E-state index in [1.54, 1.807) is 11.0 Å². The number of oxazole rings is 1. The number of benzene rings is 1.